The van der Waals surface area contributed by atoms with Crippen LogP contribution in [-0.4, -0.2) is 35.6 Å². The number of nitrogens with zero attached hydrogens (tertiary/aromatic N) is 1. The van der Waals surface area contributed by atoms with E-state index in [1.807, 2.05) is 0 Å². The van der Waals surface area contributed by atoms with Crippen LogP contribution >= 0.6 is 0 Å². The lowest BCUT2D eigenvalue weighted by molar-refractivity contribution is -0.131. The van der Waals surface area contributed by atoms with Crippen molar-refractivity contribution in [2.75, 3.05) is 13.7 Å². The van der Waals surface area contributed by atoms with Gasteiger partial charge in [-0.2, -0.15) is 0 Å². The average Bonchev–Trinajstić information content (AvgIpc) is 2.30. The van der Waals surface area contributed by atoms with Gasteiger partial charge in [-0.25, -0.2) is 4.39 Å². The molecule has 0 spiro atoms. The molecule has 1 unspecified atom stereocenters. The molecule has 0 aromatic heterocycles. The van der Waals surface area contributed by atoms with Gasteiger partial charge in [-0.1, -0.05) is 18.2 Å². The minimum absolute atomic E-state index is 0.0213. The molecule has 0 aliphatic carbocycles. The Kier molecular flexibility index (Phi) is 4.43. The minimum atomic E-state index is -0.374. The Morgan fingerprint density at radius 2 is 2.12 bits per heavy atom. The number of aliphatic hydroxyl groups is 1. The third kappa shape index (κ3) is 3.03. The standard InChI is InChI=1S/C12H16FNO2/c1-9(8-15)14(2)12(16)7-10-5-3-4-6-11(10)13/h3-6,9,15H,7-8H2,1-2H3. The van der Waals surface area contributed by atoms with Crippen molar-refractivity contribution in [2.45, 2.75) is 19.4 Å². The Bertz CT molecular complexity index is 368. The van der Waals surface area contributed by atoms with E-state index in [9.17, 15) is 9.18 Å². The van der Waals surface area contributed by atoms with Crippen LogP contribution in [0.2, 0.25) is 0 Å². The van der Waals surface area contributed by atoms with Crippen LogP contribution < -0.4 is 0 Å². The zero-order valence-corrected chi connectivity index (χ0v) is 9.48. The number of amides is 1. The lowest BCUT2D eigenvalue weighted by Gasteiger charge is -2.23. The normalized spacial score (nSPS) is 12.2. The van der Waals surface area contributed by atoms with E-state index in [4.69, 9.17) is 5.11 Å². The molecule has 1 rings (SSSR count). The van der Waals surface area contributed by atoms with Crippen molar-refractivity contribution in [3.63, 3.8) is 0 Å². The van der Waals surface area contributed by atoms with Crippen LogP contribution in [0, 0.1) is 5.82 Å². The van der Waals surface area contributed by atoms with Gasteiger partial charge in [0.25, 0.3) is 0 Å². The molecule has 0 aliphatic rings. The smallest absolute Gasteiger partial charge is 0.227 e. The highest BCUT2D eigenvalue weighted by Gasteiger charge is 2.16. The Morgan fingerprint density at radius 3 is 2.69 bits per heavy atom. The molecule has 0 fully saturated rings. The fourth-order valence-electron chi connectivity index (χ4n) is 1.30. The maximum Gasteiger partial charge on any atom is 0.227 e. The third-order valence-corrected chi connectivity index (χ3v) is 2.62. The number of hydrogen-bond donors (Lipinski definition) is 1. The fourth-order valence-corrected chi connectivity index (χ4v) is 1.30. The van der Waals surface area contributed by atoms with Crippen molar-refractivity contribution in [1.82, 2.24) is 4.90 Å². The van der Waals surface area contributed by atoms with Gasteiger partial charge in [0.1, 0.15) is 5.82 Å². The maximum atomic E-state index is 13.3. The number of hydrogen-bond acceptors (Lipinski definition) is 2. The first-order chi connectivity index (χ1) is 7.56. The molecule has 0 saturated carbocycles. The quantitative estimate of drug-likeness (QED) is 0.836. The molecule has 16 heavy (non-hydrogen) atoms. The molecular weight excluding hydrogens is 209 g/mol. The summed E-state index contributed by atoms with van der Waals surface area (Å²) in [5.74, 6) is -0.576. The summed E-state index contributed by atoms with van der Waals surface area (Å²) in [6.07, 6.45) is 0.0213. The molecule has 88 valence electrons. The SMILES string of the molecule is CC(CO)N(C)C(=O)Cc1ccccc1F. The molecule has 3 nitrogen and oxygen atoms in total. The summed E-state index contributed by atoms with van der Waals surface area (Å²) in [4.78, 5) is 13.1. The molecule has 0 aliphatic heterocycles. The highest BCUT2D eigenvalue weighted by molar-refractivity contribution is 5.78. The van der Waals surface area contributed by atoms with Crippen LogP contribution in [0.15, 0.2) is 24.3 Å². The summed E-state index contributed by atoms with van der Waals surface area (Å²) >= 11 is 0. The lowest BCUT2D eigenvalue weighted by atomic mass is 10.1. The van der Waals surface area contributed by atoms with Crippen LogP contribution in [-0.2, 0) is 11.2 Å². The average molecular weight is 225 g/mol. The largest absolute Gasteiger partial charge is 0.394 e. The highest BCUT2D eigenvalue weighted by Crippen LogP contribution is 2.09. The van der Waals surface area contributed by atoms with Crippen molar-refractivity contribution in [2.24, 2.45) is 0 Å². The maximum absolute atomic E-state index is 13.3. The number of rotatable bonds is 4. The van der Waals surface area contributed by atoms with E-state index in [2.05, 4.69) is 0 Å². The predicted molar refractivity (Wildman–Crippen MR) is 59.4 cm³/mol. The highest BCUT2D eigenvalue weighted by atomic mass is 19.1. The molecule has 0 radical (unpaired) electrons. The summed E-state index contributed by atoms with van der Waals surface area (Å²) in [7, 11) is 1.60. The van der Waals surface area contributed by atoms with E-state index in [1.54, 1.807) is 32.2 Å². The van der Waals surface area contributed by atoms with Crippen molar-refractivity contribution < 1.29 is 14.3 Å². The summed E-state index contributed by atoms with van der Waals surface area (Å²) in [5, 5.41) is 8.91. The van der Waals surface area contributed by atoms with Crippen LogP contribution in [0.5, 0.6) is 0 Å². The molecule has 1 amide bonds. The second kappa shape index (κ2) is 5.61. The molecule has 0 heterocycles. The number of aliphatic hydroxyl groups excluding tert-OH is 1. The zero-order chi connectivity index (χ0) is 12.1. The molecule has 1 N–H and O–H groups in total. The van der Waals surface area contributed by atoms with Gasteiger partial charge in [-0.05, 0) is 18.6 Å². The zero-order valence-electron chi connectivity index (χ0n) is 9.48. The van der Waals surface area contributed by atoms with E-state index >= 15 is 0 Å². The molecular formula is C12H16FNO2. The summed E-state index contributed by atoms with van der Waals surface area (Å²) in [6, 6.07) is 5.95. The summed E-state index contributed by atoms with van der Waals surface area (Å²) in [6.45, 7) is 1.64. The van der Waals surface area contributed by atoms with Crippen molar-refractivity contribution in [3.8, 4) is 0 Å². The molecule has 4 heteroatoms. The number of halogens is 1. The van der Waals surface area contributed by atoms with Crippen molar-refractivity contribution in [1.29, 1.82) is 0 Å². The number of benzene rings is 1. The van der Waals surface area contributed by atoms with Gasteiger partial charge in [-0.3, -0.25) is 4.79 Å². The van der Waals surface area contributed by atoms with Gasteiger partial charge in [0.15, 0.2) is 0 Å². The molecule has 0 bridgehead atoms. The Balaban J connectivity index is 2.68. The monoisotopic (exact) mass is 225 g/mol. The van der Waals surface area contributed by atoms with Crippen molar-refractivity contribution >= 4 is 5.91 Å². The third-order valence-electron chi connectivity index (χ3n) is 2.62. The Morgan fingerprint density at radius 1 is 1.50 bits per heavy atom. The van der Waals surface area contributed by atoms with Crippen LogP contribution in [0.3, 0.4) is 0 Å². The summed E-state index contributed by atoms with van der Waals surface area (Å²) < 4.78 is 13.3. The topological polar surface area (TPSA) is 40.5 Å². The fraction of sp³-hybridized carbons (Fsp3) is 0.417. The number of carbonyl (C=O) groups is 1. The van der Waals surface area contributed by atoms with Crippen molar-refractivity contribution in [3.05, 3.63) is 35.6 Å². The van der Waals surface area contributed by atoms with Gasteiger partial charge >= 0.3 is 0 Å². The Labute approximate surface area is 94.5 Å². The van der Waals surface area contributed by atoms with Gasteiger partial charge in [0.05, 0.1) is 19.1 Å². The first-order valence-electron chi connectivity index (χ1n) is 5.16. The molecule has 0 saturated heterocycles. The van der Waals surface area contributed by atoms with E-state index in [1.165, 1.54) is 11.0 Å². The summed E-state index contributed by atoms with van der Waals surface area (Å²) in [5.41, 5.74) is 0.379. The van der Waals surface area contributed by atoms with Gasteiger partial charge < -0.3 is 10.0 Å². The van der Waals surface area contributed by atoms with E-state index in [-0.39, 0.29) is 30.8 Å². The first-order valence-corrected chi connectivity index (χ1v) is 5.16. The number of carbonyl (C=O) groups excluding carboxylic acids is 1. The second-order valence-electron chi connectivity index (χ2n) is 3.80. The van der Waals surface area contributed by atoms with Crippen LogP contribution in [0.4, 0.5) is 4.39 Å². The molecule has 1 aromatic carbocycles. The van der Waals surface area contributed by atoms with Gasteiger partial charge in [-0.15, -0.1) is 0 Å². The number of likely N-dealkylation sites (N-methyl/N-ethyl adjacent to an activating group) is 1. The van der Waals surface area contributed by atoms with Crippen LogP contribution in [0.25, 0.3) is 0 Å². The minimum Gasteiger partial charge on any atom is -0.394 e. The van der Waals surface area contributed by atoms with Gasteiger partial charge in [0, 0.05) is 7.05 Å². The lowest BCUT2D eigenvalue weighted by Crippen LogP contribution is -2.38. The molecule has 1 atom stereocenters. The van der Waals surface area contributed by atoms with E-state index in [0.717, 1.165) is 0 Å². The second-order valence-corrected chi connectivity index (χ2v) is 3.80. The predicted octanol–water partition coefficient (Wildman–Crippen LogP) is 1.21. The van der Waals surface area contributed by atoms with Crippen LogP contribution in [0.1, 0.15) is 12.5 Å². The Hall–Kier alpha value is -1.42. The van der Waals surface area contributed by atoms with Gasteiger partial charge in [0.2, 0.25) is 5.91 Å². The van der Waals surface area contributed by atoms with E-state index in [0.29, 0.717) is 5.56 Å². The molecule has 1 aromatic rings. The van der Waals surface area contributed by atoms with E-state index < -0.39 is 0 Å². The first kappa shape index (κ1) is 12.6.